The van der Waals surface area contributed by atoms with Gasteiger partial charge in [0, 0.05) is 11.1 Å². The van der Waals surface area contributed by atoms with Crippen molar-refractivity contribution < 1.29 is 8.78 Å². The third-order valence-corrected chi connectivity index (χ3v) is 4.05. The number of nitrogens with one attached hydrogen (secondary N) is 1. The lowest BCUT2D eigenvalue weighted by Crippen LogP contribution is -2.19. The zero-order valence-electron chi connectivity index (χ0n) is 10.8. The largest absolute Gasteiger partial charge is 0.313 e. The molecule has 0 amide bonds. The average molecular weight is 361 g/mol. The lowest BCUT2D eigenvalue weighted by molar-refractivity contribution is 0.583. The van der Waals surface area contributed by atoms with Crippen molar-refractivity contribution in [2.24, 2.45) is 0 Å². The first-order valence-corrected chi connectivity index (χ1v) is 7.24. The molecule has 0 spiro atoms. The monoisotopic (exact) mass is 359 g/mol. The summed E-state index contributed by atoms with van der Waals surface area (Å²) in [7, 11) is 1.81. The van der Waals surface area contributed by atoms with Gasteiger partial charge in [-0.15, -0.1) is 0 Å². The summed E-state index contributed by atoms with van der Waals surface area (Å²) in [6, 6.07) is 9.14. The van der Waals surface area contributed by atoms with Gasteiger partial charge < -0.3 is 5.32 Å². The van der Waals surface area contributed by atoms with Crippen LogP contribution in [0.3, 0.4) is 0 Å². The van der Waals surface area contributed by atoms with E-state index in [2.05, 4.69) is 21.2 Å². The zero-order valence-corrected chi connectivity index (χ0v) is 13.1. The van der Waals surface area contributed by atoms with E-state index in [1.807, 2.05) is 7.05 Å². The molecule has 0 fully saturated rings. The Morgan fingerprint density at radius 1 is 1.20 bits per heavy atom. The topological polar surface area (TPSA) is 12.0 Å². The predicted molar refractivity (Wildman–Crippen MR) is 81.0 cm³/mol. The molecule has 0 aliphatic heterocycles. The van der Waals surface area contributed by atoms with Crippen LogP contribution in [0.5, 0.6) is 0 Å². The van der Waals surface area contributed by atoms with Crippen LogP contribution in [0.1, 0.15) is 17.2 Å². The van der Waals surface area contributed by atoms with E-state index in [1.165, 1.54) is 18.2 Å². The van der Waals surface area contributed by atoms with Gasteiger partial charge in [-0.05, 0) is 64.8 Å². The molecule has 0 heterocycles. The smallest absolute Gasteiger partial charge is 0.137 e. The first-order valence-electron chi connectivity index (χ1n) is 6.07. The van der Waals surface area contributed by atoms with Crippen molar-refractivity contribution in [2.75, 3.05) is 7.05 Å². The van der Waals surface area contributed by atoms with Gasteiger partial charge in [-0.2, -0.15) is 0 Å². The molecular weight excluding hydrogens is 348 g/mol. The van der Waals surface area contributed by atoms with Gasteiger partial charge in [0.25, 0.3) is 0 Å². The van der Waals surface area contributed by atoms with E-state index in [0.717, 1.165) is 11.1 Å². The fourth-order valence-electron chi connectivity index (χ4n) is 2.05. The minimum Gasteiger partial charge on any atom is -0.313 e. The van der Waals surface area contributed by atoms with Gasteiger partial charge in [-0.3, -0.25) is 0 Å². The molecule has 0 saturated heterocycles. The first-order chi connectivity index (χ1) is 9.51. The van der Waals surface area contributed by atoms with Crippen LogP contribution in [0.4, 0.5) is 8.78 Å². The second kappa shape index (κ2) is 6.66. The van der Waals surface area contributed by atoms with E-state index in [9.17, 15) is 8.78 Å². The van der Waals surface area contributed by atoms with Crippen LogP contribution in [-0.4, -0.2) is 7.05 Å². The van der Waals surface area contributed by atoms with E-state index in [-0.39, 0.29) is 17.7 Å². The molecule has 0 aromatic heterocycles. The van der Waals surface area contributed by atoms with E-state index in [0.29, 0.717) is 15.9 Å². The van der Waals surface area contributed by atoms with Crippen LogP contribution < -0.4 is 5.32 Å². The lowest BCUT2D eigenvalue weighted by atomic mass is 9.99. The van der Waals surface area contributed by atoms with E-state index >= 15 is 0 Å². The summed E-state index contributed by atoms with van der Waals surface area (Å²) in [4.78, 5) is 0. The molecule has 1 N–H and O–H groups in total. The Balaban J connectivity index is 2.26. The molecule has 1 nitrogen and oxygen atoms in total. The normalized spacial score (nSPS) is 12.4. The van der Waals surface area contributed by atoms with E-state index in [1.54, 1.807) is 18.2 Å². The molecule has 2 aromatic rings. The van der Waals surface area contributed by atoms with Crippen molar-refractivity contribution >= 4 is 27.5 Å². The molecule has 0 saturated carbocycles. The molecule has 1 atom stereocenters. The summed E-state index contributed by atoms with van der Waals surface area (Å²) in [5.74, 6) is -0.660. The molecule has 2 aromatic carbocycles. The van der Waals surface area contributed by atoms with Gasteiger partial charge in [-0.1, -0.05) is 23.7 Å². The summed E-state index contributed by atoms with van der Waals surface area (Å²) in [5, 5.41) is 3.53. The van der Waals surface area contributed by atoms with Gasteiger partial charge in [0.1, 0.15) is 11.6 Å². The Morgan fingerprint density at radius 3 is 2.55 bits per heavy atom. The van der Waals surface area contributed by atoms with Crippen LogP contribution in [-0.2, 0) is 6.42 Å². The molecular formula is C15H13BrClF2N. The molecule has 1 unspecified atom stereocenters. The quantitative estimate of drug-likeness (QED) is 0.819. The summed E-state index contributed by atoms with van der Waals surface area (Å²) in [5.41, 5.74) is 1.77. The second-order valence-electron chi connectivity index (χ2n) is 4.46. The Bertz CT molecular complexity index is 619. The molecule has 0 aliphatic carbocycles. The standard InChI is InChI=1S/C15H13BrClF2N/c1-20-15(11-4-3-10(18)8-13(11)17)7-9-2-5-14(19)12(16)6-9/h2-6,8,15,20H,7H2,1H3. The summed E-state index contributed by atoms with van der Waals surface area (Å²) in [6.07, 6.45) is 0.626. The highest BCUT2D eigenvalue weighted by molar-refractivity contribution is 9.10. The molecule has 5 heteroatoms. The van der Waals surface area contributed by atoms with Gasteiger partial charge in [0.2, 0.25) is 0 Å². The number of hydrogen-bond donors (Lipinski definition) is 1. The van der Waals surface area contributed by atoms with Gasteiger partial charge in [0.05, 0.1) is 4.47 Å². The maximum Gasteiger partial charge on any atom is 0.137 e. The van der Waals surface area contributed by atoms with Crippen LogP contribution in [0, 0.1) is 11.6 Å². The lowest BCUT2D eigenvalue weighted by Gasteiger charge is -2.18. The highest BCUT2D eigenvalue weighted by Crippen LogP contribution is 2.27. The highest BCUT2D eigenvalue weighted by Gasteiger charge is 2.15. The first kappa shape index (κ1) is 15.4. The zero-order chi connectivity index (χ0) is 14.7. The average Bonchev–Trinajstić information content (AvgIpc) is 2.41. The minimum atomic E-state index is -0.363. The van der Waals surface area contributed by atoms with Crippen LogP contribution in [0.15, 0.2) is 40.9 Å². The molecule has 20 heavy (non-hydrogen) atoms. The number of halogens is 4. The SMILES string of the molecule is CNC(Cc1ccc(F)c(Br)c1)c1ccc(F)cc1Cl. The minimum absolute atomic E-state index is 0.0690. The Hall–Kier alpha value is -0.970. The van der Waals surface area contributed by atoms with Crippen molar-refractivity contribution in [1.82, 2.24) is 5.32 Å². The number of rotatable bonds is 4. The Kier molecular flexibility index (Phi) is 5.13. The third kappa shape index (κ3) is 3.57. The van der Waals surface area contributed by atoms with Crippen LogP contribution >= 0.6 is 27.5 Å². The van der Waals surface area contributed by atoms with Crippen molar-refractivity contribution in [3.8, 4) is 0 Å². The molecule has 106 valence electrons. The maximum atomic E-state index is 13.2. The van der Waals surface area contributed by atoms with E-state index < -0.39 is 0 Å². The molecule has 0 radical (unpaired) electrons. The van der Waals surface area contributed by atoms with Gasteiger partial charge in [0.15, 0.2) is 0 Å². The molecule has 0 aliphatic rings. The van der Waals surface area contributed by atoms with Crippen molar-refractivity contribution in [1.29, 1.82) is 0 Å². The van der Waals surface area contributed by atoms with Crippen LogP contribution in [0.2, 0.25) is 5.02 Å². The summed E-state index contributed by atoms with van der Waals surface area (Å²) in [6.45, 7) is 0. The Morgan fingerprint density at radius 2 is 1.95 bits per heavy atom. The highest BCUT2D eigenvalue weighted by atomic mass is 79.9. The number of likely N-dealkylation sites (N-methyl/N-ethyl adjacent to an activating group) is 1. The molecule has 0 bridgehead atoms. The maximum absolute atomic E-state index is 13.2. The van der Waals surface area contributed by atoms with Crippen molar-refractivity contribution in [3.05, 3.63) is 68.7 Å². The van der Waals surface area contributed by atoms with Gasteiger partial charge >= 0.3 is 0 Å². The van der Waals surface area contributed by atoms with Crippen LogP contribution in [0.25, 0.3) is 0 Å². The fourth-order valence-corrected chi connectivity index (χ4v) is 2.78. The fraction of sp³-hybridized carbons (Fsp3) is 0.200. The summed E-state index contributed by atoms with van der Waals surface area (Å²) < 4.78 is 26.7. The van der Waals surface area contributed by atoms with Crippen molar-refractivity contribution in [3.63, 3.8) is 0 Å². The Labute approximate surface area is 130 Å². The number of hydrogen-bond acceptors (Lipinski definition) is 1. The summed E-state index contributed by atoms with van der Waals surface area (Å²) >= 11 is 9.24. The second-order valence-corrected chi connectivity index (χ2v) is 5.72. The van der Waals surface area contributed by atoms with Gasteiger partial charge in [-0.25, -0.2) is 8.78 Å². The van der Waals surface area contributed by atoms with E-state index in [4.69, 9.17) is 11.6 Å². The molecule has 2 rings (SSSR count). The third-order valence-electron chi connectivity index (χ3n) is 3.11. The predicted octanol–water partition coefficient (Wildman–Crippen LogP) is 4.88. The number of benzene rings is 2. The van der Waals surface area contributed by atoms with Crippen molar-refractivity contribution in [2.45, 2.75) is 12.5 Å².